The molecule has 0 N–H and O–H groups in total. The van der Waals surface area contributed by atoms with Gasteiger partial charge in [-0.05, 0) is 62.3 Å². The molecular formula is C9H6BrIS2. The normalized spacial score (nSPS) is 11.0. The van der Waals surface area contributed by atoms with Crippen molar-refractivity contribution < 1.29 is 0 Å². The molecule has 0 atom stereocenters. The Morgan fingerprint density at radius 1 is 1.54 bits per heavy atom. The average Bonchev–Trinajstić information content (AvgIpc) is 2.59. The van der Waals surface area contributed by atoms with Crippen LogP contribution >= 0.6 is 61.6 Å². The van der Waals surface area contributed by atoms with Gasteiger partial charge in [-0.25, -0.2) is 0 Å². The molecule has 13 heavy (non-hydrogen) atoms. The Bertz CT molecular complexity index is 450. The lowest BCUT2D eigenvalue weighted by Crippen LogP contribution is -1.80. The van der Waals surface area contributed by atoms with Crippen LogP contribution in [0.3, 0.4) is 0 Å². The third kappa shape index (κ3) is 1.78. The average molecular weight is 385 g/mol. The highest BCUT2D eigenvalue weighted by Gasteiger charge is 2.08. The SMILES string of the molecule is CSc1cc2sccc2c(Br)c1I. The molecule has 1 aromatic heterocycles. The molecule has 1 heterocycles. The van der Waals surface area contributed by atoms with Crippen LogP contribution in [0.2, 0.25) is 0 Å². The zero-order valence-electron chi connectivity index (χ0n) is 6.80. The highest BCUT2D eigenvalue weighted by atomic mass is 127. The number of hydrogen-bond acceptors (Lipinski definition) is 2. The van der Waals surface area contributed by atoms with E-state index in [4.69, 9.17) is 0 Å². The highest BCUT2D eigenvalue weighted by Crippen LogP contribution is 2.37. The third-order valence-electron chi connectivity index (χ3n) is 1.82. The van der Waals surface area contributed by atoms with Gasteiger partial charge in [-0.2, -0.15) is 0 Å². The third-order valence-corrected chi connectivity index (χ3v) is 6.50. The number of hydrogen-bond donors (Lipinski definition) is 0. The van der Waals surface area contributed by atoms with Crippen molar-refractivity contribution >= 4 is 71.7 Å². The Labute approximate surface area is 107 Å². The topological polar surface area (TPSA) is 0 Å². The van der Waals surface area contributed by atoms with E-state index in [2.05, 4.69) is 62.3 Å². The Balaban J connectivity index is 2.83. The fourth-order valence-corrected chi connectivity index (χ4v) is 4.53. The molecule has 0 unspecified atom stereocenters. The van der Waals surface area contributed by atoms with Gasteiger partial charge in [-0.3, -0.25) is 0 Å². The maximum Gasteiger partial charge on any atom is 0.0415 e. The summed E-state index contributed by atoms with van der Waals surface area (Å²) in [6.07, 6.45) is 2.11. The summed E-state index contributed by atoms with van der Waals surface area (Å²) >= 11 is 9.61. The van der Waals surface area contributed by atoms with Crippen molar-refractivity contribution in [2.75, 3.05) is 6.26 Å². The predicted octanol–water partition coefficient (Wildman–Crippen LogP) is 4.99. The fraction of sp³-hybridized carbons (Fsp3) is 0.111. The molecule has 4 heteroatoms. The lowest BCUT2D eigenvalue weighted by atomic mass is 10.3. The van der Waals surface area contributed by atoms with E-state index in [0.29, 0.717) is 0 Å². The number of thioether (sulfide) groups is 1. The van der Waals surface area contributed by atoms with Crippen molar-refractivity contribution in [2.45, 2.75) is 4.90 Å². The predicted molar refractivity (Wildman–Crippen MR) is 74.0 cm³/mol. The molecule has 0 nitrogen and oxygen atoms in total. The zero-order valence-corrected chi connectivity index (χ0v) is 12.2. The summed E-state index contributed by atoms with van der Waals surface area (Å²) < 4.78 is 3.91. The Morgan fingerprint density at radius 3 is 3.00 bits per heavy atom. The number of halogens is 2. The summed E-state index contributed by atoms with van der Waals surface area (Å²) in [5.74, 6) is 0. The minimum absolute atomic E-state index is 1.23. The Hall–Kier alpha value is 0.740. The molecular weight excluding hydrogens is 379 g/mol. The van der Waals surface area contributed by atoms with Gasteiger partial charge in [0, 0.05) is 23.0 Å². The number of rotatable bonds is 1. The first-order valence-electron chi connectivity index (χ1n) is 3.63. The second-order valence-electron chi connectivity index (χ2n) is 2.54. The molecule has 0 fully saturated rings. The minimum Gasteiger partial charge on any atom is -0.144 e. The molecule has 2 aromatic rings. The van der Waals surface area contributed by atoms with E-state index in [9.17, 15) is 0 Å². The van der Waals surface area contributed by atoms with E-state index in [1.807, 2.05) is 0 Å². The van der Waals surface area contributed by atoms with Crippen LogP contribution in [0.1, 0.15) is 0 Å². The Morgan fingerprint density at radius 2 is 2.31 bits per heavy atom. The first kappa shape index (κ1) is 10.3. The van der Waals surface area contributed by atoms with E-state index in [-0.39, 0.29) is 0 Å². The maximum atomic E-state index is 3.64. The summed E-state index contributed by atoms with van der Waals surface area (Å²) in [6.45, 7) is 0. The van der Waals surface area contributed by atoms with E-state index in [0.717, 1.165) is 0 Å². The van der Waals surface area contributed by atoms with Crippen molar-refractivity contribution in [3.8, 4) is 0 Å². The molecule has 2 rings (SSSR count). The van der Waals surface area contributed by atoms with Gasteiger partial charge in [0.25, 0.3) is 0 Å². The second-order valence-corrected chi connectivity index (χ2v) is 6.21. The van der Waals surface area contributed by atoms with Crippen molar-refractivity contribution in [1.29, 1.82) is 0 Å². The van der Waals surface area contributed by atoms with Crippen molar-refractivity contribution in [3.05, 3.63) is 25.6 Å². The molecule has 0 aliphatic carbocycles. The minimum atomic E-state index is 1.23. The van der Waals surface area contributed by atoms with Crippen LogP contribution in [0, 0.1) is 3.57 Å². The van der Waals surface area contributed by atoms with Gasteiger partial charge in [-0.15, -0.1) is 23.1 Å². The van der Waals surface area contributed by atoms with Gasteiger partial charge in [0.05, 0.1) is 0 Å². The standard InChI is InChI=1S/C9H6BrIS2/c1-12-7-4-6-5(2-3-13-6)8(10)9(7)11/h2-4H,1H3. The maximum absolute atomic E-state index is 3.64. The second kappa shape index (κ2) is 4.08. The Kier molecular flexibility index (Phi) is 3.22. The molecule has 1 aromatic carbocycles. The molecule has 0 saturated carbocycles. The molecule has 0 amide bonds. The first-order chi connectivity index (χ1) is 6.24. The van der Waals surface area contributed by atoms with Crippen LogP contribution in [0.15, 0.2) is 26.9 Å². The van der Waals surface area contributed by atoms with Gasteiger partial charge < -0.3 is 0 Å². The van der Waals surface area contributed by atoms with Crippen molar-refractivity contribution in [3.63, 3.8) is 0 Å². The quantitative estimate of drug-likeness (QED) is 0.493. The van der Waals surface area contributed by atoms with Crippen LogP contribution in [-0.4, -0.2) is 6.26 Å². The number of benzene rings is 1. The van der Waals surface area contributed by atoms with Crippen molar-refractivity contribution in [2.24, 2.45) is 0 Å². The fourth-order valence-electron chi connectivity index (χ4n) is 1.17. The van der Waals surface area contributed by atoms with Crippen LogP contribution in [0.4, 0.5) is 0 Å². The summed E-state index contributed by atoms with van der Waals surface area (Å²) in [5, 5.41) is 3.46. The number of fused-ring (bicyclic) bond motifs is 1. The highest BCUT2D eigenvalue weighted by molar-refractivity contribution is 14.1. The molecule has 68 valence electrons. The molecule has 0 spiro atoms. The van der Waals surface area contributed by atoms with Gasteiger partial charge >= 0.3 is 0 Å². The molecule has 0 saturated heterocycles. The summed E-state index contributed by atoms with van der Waals surface area (Å²) in [7, 11) is 0. The van der Waals surface area contributed by atoms with Crippen LogP contribution in [-0.2, 0) is 0 Å². The number of thiophene rings is 1. The molecule has 0 bridgehead atoms. The van der Waals surface area contributed by atoms with Crippen LogP contribution in [0.25, 0.3) is 10.1 Å². The van der Waals surface area contributed by atoms with Crippen LogP contribution < -0.4 is 0 Å². The summed E-state index contributed by atoms with van der Waals surface area (Å²) in [5.41, 5.74) is 0. The zero-order chi connectivity index (χ0) is 9.42. The summed E-state index contributed by atoms with van der Waals surface area (Å²) in [4.78, 5) is 1.35. The molecule has 0 radical (unpaired) electrons. The largest absolute Gasteiger partial charge is 0.144 e. The van der Waals surface area contributed by atoms with Gasteiger partial charge in [-0.1, -0.05) is 0 Å². The van der Waals surface area contributed by atoms with E-state index >= 15 is 0 Å². The molecule has 0 aliphatic heterocycles. The van der Waals surface area contributed by atoms with E-state index in [1.54, 1.807) is 23.1 Å². The van der Waals surface area contributed by atoms with Crippen LogP contribution in [0.5, 0.6) is 0 Å². The van der Waals surface area contributed by atoms with Gasteiger partial charge in [0.2, 0.25) is 0 Å². The first-order valence-corrected chi connectivity index (χ1v) is 7.61. The monoisotopic (exact) mass is 384 g/mol. The van der Waals surface area contributed by atoms with Crippen molar-refractivity contribution in [1.82, 2.24) is 0 Å². The molecule has 0 aliphatic rings. The van der Waals surface area contributed by atoms with E-state index in [1.165, 1.54) is 23.0 Å². The lowest BCUT2D eigenvalue weighted by Gasteiger charge is -2.04. The summed E-state index contributed by atoms with van der Waals surface area (Å²) in [6, 6.07) is 4.42. The van der Waals surface area contributed by atoms with E-state index < -0.39 is 0 Å². The van der Waals surface area contributed by atoms with Gasteiger partial charge in [0.1, 0.15) is 0 Å². The lowest BCUT2D eigenvalue weighted by molar-refractivity contribution is 1.43. The smallest absolute Gasteiger partial charge is 0.0415 e. The van der Waals surface area contributed by atoms with Gasteiger partial charge in [0.15, 0.2) is 0 Å².